The summed E-state index contributed by atoms with van der Waals surface area (Å²) < 4.78 is 2.60. The van der Waals surface area contributed by atoms with E-state index in [0.717, 1.165) is 20.7 Å². The topological polar surface area (TPSA) is 34.9 Å². The molecule has 2 rings (SSSR count). The molecule has 2 aromatic rings. The van der Waals surface area contributed by atoms with Gasteiger partial charge in [0, 0.05) is 10.2 Å². The van der Waals surface area contributed by atoms with Crippen LogP contribution in [0.4, 0.5) is 0 Å². The van der Waals surface area contributed by atoms with E-state index in [9.17, 15) is 4.79 Å². The van der Waals surface area contributed by atoms with Crippen molar-refractivity contribution >= 4 is 33.0 Å². The first-order chi connectivity index (χ1) is 7.58. The molecule has 0 spiro atoms. The van der Waals surface area contributed by atoms with Crippen molar-refractivity contribution in [3.63, 3.8) is 0 Å². The zero-order chi connectivity index (χ0) is 11.7. The average Bonchev–Trinajstić information content (AvgIpc) is 2.74. The molecule has 2 heterocycles. The van der Waals surface area contributed by atoms with Crippen LogP contribution < -0.4 is 0 Å². The molecule has 0 N–H and O–H groups in total. The van der Waals surface area contributed by atoms with E-state index in [0.29, 0.717) is 6.54 Å². The first kappa shape index (κ1) is 11.5. The molecule has 0 bridgehead atoms. The quantitative estimate of drug-likeness (QED) is 0.816. The van der Waals surface area contributed by atoms with Gasteiger partial charge in [-0.3, -0.25) is 9.48 Å². The summed E-state index contributed by atoms with van der Waals surface area (Å²) in [7, 11) is 0. The Kier molecular flexibility index (Phi) is 3.25. The van der Waals surface area contributed by atoms with Crippen LogP contribution in [0.1, 0.15) is 21.1 Å². The van der Waals surface area contributed by atoms with Crippen molar-refractivity contribution < 1.29 is 4.79 Å². The predicted octanol–water partition coefficient (Wildman–Crippen LogP) is 3.21. The first-order valence-corrected chi connectivity index (χ1v) is 6.52. The van der Waals surface area contributed by atoms with Crippen molar-refractivity contribution in [1.29, 1.82) is 0 Å². The van der Waals surface area contributed by atoms with Gasteiger partial charge in [-0.1, -0.05) is 0 Å². The van der Waals surface area contributed by atoms with E-state index in [4.69, 9.17) is 0 Å². The minimum Gasteiger partial charge on any atom is -0.291 e. The molecule has 0 atom stereocenters. The number of aromatic nitrogens is 2. The summed E-state index contributed by atoms with van der Waals surface area (Å²) >= 11 is 4.82. The molecule has 0 aliphatic carbocycles. The molecule has 0 radical (unpaired) electrons. The molecule has 3 nitrogen and oxygen atoms in total. The number of thiophene rings is 1. The molecule has 0 aliphatic heterocycles. The van der Waals surface area contributed by atoms with Gasteiger partial charge in [0.05, 0.1) is 10.6 Å². The van der Waals surface area contributed by atoms with Crippen molar-refractivity contribution in [1.82, 2.24) is 9.78 Å². The Balaban J connectivity index is 2.20. The molecule has 16 heavy (non-hydrogen) atoms. The Morgan fingerprint density at radius 2 is 2.31 bits per heavy atom. The number of nitrogens with zero attached hydrogens (tertiary/aromatic N) is 2. The minimum atomic E-state index is 0.0908. The van der Waals surface area contributed by atoms with Gasteiger partial charge in [0.2, 0.25) is 0 Å². The summed E-state index contributed by atoms with van der Waals surface area (Å²) in [6.07, 6.45) is 0. The largest absolute Gasteiger partial charge is 0.291 e. The Bertz CT molecular complexity index is 530. The van der Waals surface area contributed by atoms with Crippen molar-refractivity contribution in [2.45, 2.75) is 20.4 Å². The van der Waals surface area contributed by atoms with E-state index in [1.807, 2.05) is 31.4 Å². The number of hydrogen-bond acceptors (Lipinski definition) is 3. The predicted molar refractivity (Wildman–Crippen MR) is 68.1 cm³/mol. The van der Waals surface area contributed by atoms with Gasteiger partial charge in [-0.05, 0) is 47.3 Å². The van der Waals surface area contributed by atoms with Crippen molar-refractivity contribution in [2.75, 3.05) is 0 Å². The fourth-order valence-electron chi connectivity index (χ4n) is 1.54. The Morgan fingerprint density at radius 3 is 2.81 bits per heavy atom. The molecule has 0 saturated carbocycles. The van der Waals surface area contributed by atoms with Crippen molar-refractivity contribution in [3.8, 4) is 0 Å². The molecule has 0 aliphatic rings. The van der Waals surface area contributed by atoms with Crippen LogP contribution in [0, 0.1) is 13.8 Å². The highest BCUT2D eigenvalue weighted by Crippen LogP contribution is 2.23. The van der Waals surface area contributed by atoms with Crippen LogP contribution in [0.2, 0.25) is 0 Å². The van der Waals surface area contributed by atoms with Gasteiger partial charge in [0.1, 0.15) is 6.54 Å². The third-order valence-electron chi connectivity index (χ3n) is 2.27. The van der Waals surface area contributed by atoms with E-state index in [2.05, 4.69) is 21.0 Å². The SMILES string of the molecule is Cc1cc(C)n(CC(=O)c2sccc2Br)n1. The zero-order valence-electron chi connectivity index (χ0n) is 9.03. The molecule has 0 saturated heterocycles. The number of aryl methyl sites for hydroxylation is 2. The number of carbonyl (C=O) groups excluding carboxylic acids is 1. The summed E-state index contributed by atoms with van der Waals surface area (Å²) in [5.74, 6) is 0.0908. The summed E-state index contributed by atoms with van der Waals surface area (Å²) in [5, 5.41) is 6.18. The molecule has 0 unspecified atom stereocenters. The van der Waals surface area contributed by atoms with Gasteiger partial charge in [-0.15, -0.1) is 11.3 Å². The molecule has 5 heteroatoms. The molecule has 84 valence electrons. The number of halogens is 1. The minimum absolute atomic E-state index is 0.0908. The maximum atomic E-state index is 12.0. The van der Waals surface area contributed by atoms with E-state index < -0.39 is 0 Å². The van der Waals surface area contributed by atoms with Gasteiger partial charge >= 0.3 is 0 Å². The van der Waals surface area contributed by atoms with Crippen LogP contribution in [-0.2, 0) is 6.54 Å². The Morgan fingerprint density at radius 1 is 1.56 bits per heavy atom. The van der Waals surface area contributed by atoms with Crippen LogP contribution in [-0.4, -0.2) is 15.6 Å². The molecular weight excluding hydrogens is 288 g/mol. The fraction of sp³-hybridized carbons (Fsp3) is 0.273. The second kappa shape index (κ2) is 4.51. The number of rotatable bonds is 3. The average molecular weight is 299 g/mol. The maximum absolute atomic E-state index is 12.0. The molecular formula is C11H11BrN2OS. The second-order valence-electron chi connectivity index (χ2n) is 3.61. The van der Waals surface area contributed by atoms with Crippen molar-refractivity contribution in [3.05, 3.63) is 38.3 Å². The van der Waals surface area contributed by atoms with E-state index in [1.54, 1.807) is 4.68 Å². The van der Waals surface area contributed by atoms with Crippen LogP contribution in [0.25, 0.3) is 0 Å². The smallest absolute Gasteiger partial charge is 0.195 e. The molecule has 0 amide bonds. The summed E-state index contributed by atoms with van der Waals surface area (Å²) in [5.41, 5.74) is 1.95. The highest BCUT2D eigenvalue weighted by molar-refractivity contribution is 9.10. The number of hydrogen-bond donors (Lipinski definition) is 0. The third-order valence-corrected chi connectivity index (χ3v) is 4.15. The Hall–Kier alpha value is -0.940. The van der Waals surface area contributed by atoms with Gasteiger partial charge in [-0.25, -0.2) is 0 Å². The number of carbonyl (C=O) groups is 1. The monoisotopic (exact) mass is 298 g/mol. The van der Waals surface area contributed by atoms with E-state index in [-0.39, 0.29) is 5.78 Å². The molecule has 0 fully saturated rings. The summed E-state index contributed by atoms with van der Waals surface area (Å²) in [4.78, 5) is 12.7. The lowest BCUT2D eigenvalue weighted by Crippen LogP contribution is -2.12. The van der Waals surface area contributed by atoms with Crippen molar-refractivity contribution in [2.24, 2.45) is 0 Å². The second-order valence-corrected chi connectivity index (χ2v) is 5.38. The lowest BCUT2D eigenvalue weighted by molar-refractivity contribution is 0.0970. The van der Waals surface area contributed by atoms with Crippen LogP contribution >= 0.6 is 27.3 Å². The van der Waals surface area contributed by atoms with E-state index in [1.165, 1.54) is 11.3 Å². The zero-order valence-corrected chi connectivity index (χ0v) is 11.4. The Labute approximate surface area is 106 Å². The first-order valence-electron chi connectivity index (χ1n) is 4.85. The normalized spacial score (nSPS) is 10.7. The van der Waals surface area contributed by atoms with Crippen LogP contribution in [0.3, 0.4) is 0 Å². The van der Waals surface area contributed by atoms with Gasteiger partial charge < -0.3 is 0 Å². The lowest BCUT2D eigenvalue weighted by atomic mass is 10.3. The van der Waals surface area contributed by atoms with Gasteiger partial charge in [-0.2, -0.15) is 5.10 Å². The number of ketones is 1. The van der Waals surface area contributed by atoms with E-state index >= 15 is 0 Å². The standard InChI is InChI=1S/C11H11BrN2OS/c1-7-5-8(2)14(13-7)6-10(15)11-9(12)3-4-16-11/h3-5H,6H2,1-2H3. The fourth-order valence-corrected chi connectivity index (χ4v) is 3.06. The number of Topliss-reactive ketones (excluding diaryl/α,β-unsaturated/α-hetero) is 1. The highest BCUT2D eigenvalue weighted by Gasteiger charge is 2.13. The third kappa shape index (κ3) is 2.25. The lowest BCUT2D eigenvalue weighted by Gasteiger charge is -2.02. The van der Waals surface area contributed by atoms with Crippen LogP contribution in [0.15, 0.2) is 22.0 Å². The summed E-state index contributed by atoms with van der Waals surface area (Å²) in [6, 6.07) is 3.86. The van der Waals surface area contributed by atoms with Gasteiger partial charge in [0.25, 0.3) is 0 Å². The maximum Gasteiger partial charge on any atom is 0.195 e. The van der Waals surface area contributed by atoms with Gasteiger partial charge in [0.15, 0.2) is 5.78 Å². The highest BCUT2D eigenvalue weighted by atomic mass is 79.9. The molecule has 2 aromatic heterocycles. The summed E-state index contributed by atoms with van der Waals surface area (Å²) in [6.45, 7) is 4.19. The molecule has 0 aromatic carbocycles. The van der Waals surface area contributed by atoms with Crippen LogP contribution in [0.5, 0.6) is 0 Å².